The van der Waals surface area contributed by atoms with Gasteiger partial charge >= 0.3 is 6.18 Å². The molecule has 3 N–H and O–H groups in total. The van der Waals surface area contributed by atoms with Crippen LogP contribution in [0.5, 0.6) is 5.75 Å². The topological polar surface area (TPSA) is 63.9 Å². The Hall–Kier alpha value is -2.09. The van der Waals surface area contributed by atoms with E-state index in [-0.39, 0.29) is 5.75 Å². The van der Waals surface area contributed by atoms with E-state index in [1.165, 1.54) is 12.1 Å². The molecule has 0 amide bonds. The van der Waals surface area contributed by atoms with Crippen molar-refractivity contribution >= 4 is 0 Å². The number of rotatable bonds is 5. The van der Waals surface area contributed by atoms with Crippen LogP contribution in [0.25, 0.3) is 0 Å². The lowest BCUT2D eigenvalue weighted by atomic mass is 9.91. The van der Waals surface area contributed by atoms with Gasteiger partial charge in [-0.1, -0.05) is 24.3 Å². The summed E-state index contributed by atoms with van der Waals surface area (Å²) in [5, 5.41) is 30.9. The predicted octanol–water partition coefficient (Wildman–Crippen LogP) is 3.76. The van der Waals surface area contributed by atoms with Crippen LogP contribution in [0, 0.1) is 11.8 Å². The maximum Gasteiger partial charge on any atom is 0.416 e. The third kappa shape index (κ3) is 4.63. The maximum absolute atomic E-state index is 12.7. The summed E-state index contributed by atoms with van der Waals surface area (Å²) in [6, 6.07) is 11.6. The number of likely N-dealkylation sites (tertiary alicyclic amines) is 1. The van der Waals surface area contributed by atoms with Gasteiger partial charge in [-0.15, -0.1) is 0 Å². The SMILES string of the molecule is Oc1ccc(C(O)CN2C[C@@H]3CC(O)(Cc4ccc(C(F)(F)F)cc4)C[C@@H]3C2)cc1. The van der Waals surface area contributed by atoms with E-state index in [4.69, 9.17) is 0 Å². The monoisotopic (exact) mass is 421 g/mol. The number of hydrogen-bond acceptors (Lipinski definition) is 4. The number of benzene rings is 2. The van der Waals surface area contributed by atoms with Crippen molar-refractivity contribution in [1.82, 2.24) is 4.90 Å². The fraction of sp³-hybridized carbons (Fsp3) is 0.478. The number of phenolic OH excluding ortho intramolecular Hbond substituents is 1. The van der Waals surface area contributed by atoms with Gasteiger partial charge in [0.2, 0.25) is 0 Å². The zero-order chi connectivity index (χ0) is 21.5. The summed E-state index contributed by atoms with van der Waals surface area (Å²) in [6.07, 6.45) is -3.41. The van der Waals surface area contributed by atoms with Crippen molar-refractivity contribution < 1.29 is 28.5 Å². The predicted molar refractivity (Wildman–Crippen MR) is 106 cm³/mol. The molecule has 162 valence electrons. The van der Waals surface area contributed by atoms with Gasteiger partial charge in [0.1, 0.15) is 5.75 Å². The van der Waals surface area contributed by atoms with E-state index in [9.17, 15) is 28.5 Å². The molecule has 0 spiro atoms. The van der Waals surface area contributed by atoms with E-state index in [1.54, 1.807) is 24.3 Å². The third-order valence-electron chi connectivity index (χ3n) is 6.46. The highest BCUT2D eigenvalue weighted by molar-refractivity contribution is 5.28. The average Bonchev–Trinajstić information content (AvgIpc) is 3.15. The highest BCUT2D eigenvalue weighted by Gasteiger charge is 2.48. The Morgan fingerprint density at radius 1 is 0.967 bits per heavy atom. The molecule has 1 saturated heterocycles. The van der Waals surface area contributed by atoms with Crippen molar-refractivity contribution in [2.45, 2.75) is 37.1 Å². The lowest BCUT2D eigenvalue weighted by Gasteiger charge is -2.27. The largest absolute Gasteiger partial charge is 0.508 e. The standard InChI is InChI=1S/C23H26F3NO3/c24-23(25,26)19-5-1-15(2-6-19)9-22(30)10-17-12-27(13-18(17)11-22)14-21(29)16-3-7-20(28)8-4-16/h1-8,17-18,21,28-30H,9-14H2/t17-,18+,21?,22?. The van der Waals surface area contributed by atoms with Gasteiger partial charge in [-0.3, -0.25) is 4.90 Å². The average molecular weight is 421 g/mol. The van der Waals surface area contributed by atoms with Crippen LogP contribution in [0.2, 0.25) is 0 Å². The number of nitrogens with zero attached hydrogens (tertiary/aromatic N) is 1. The first-order valence-electron chi connectivity index (χ1n) is 10.2. The summed E-state index contributed by atoms with van der Waals surface area (Å²) in [6.45, 7) is 2.07. The van der Waals surface area contributed by atoms with E-state index in [1.807, 2.05) is 0 Å². The first-order chi connectivity index (χ1) is 14.1. The van der Waals surface area contributed by atoms with E-state index in [2.05, 4.69) is 4.90 Å². The van der Waals surface area contributed by atoms with Crippen molar-refractivity contribution in [3.63, 3.8) is 0 Å². The lowest BCUT2D eigenvalue weighted by molar-refractivity contribution is -0.137. The Morgan fingerprint density at radius 2 is 1.53 bits per heavy atom. The molecule has 0 bridgehead atoms. The first-order valence-corrected chi connectivity index (χ1v) is 10.2. The maximum atomic E-state index is 12.7. The lowest BCUT2D eigenvalue weighted by Crippen LogP contribution is -2.33. The quantitative estimate of drug-likeness (QED) is 0.688. The van der Waals surface area contributed by atoms with Gasteiger partial charge in [-0.05, 0) is 60.1 Å². The summed E-state index contributed by atoms with van der Waals surface area (Å²) in [4.78, 5) is 2.20. The summed E-state index contributed by atoms with van der Waals surface area (Å²) < 4.78 is 38.2. The molecule has 1 aliphatic heterocycles. The molecule has 2 aromatic rings. The minimum atomic E-state index is -4.35. The number of aromatic hydroxyl groups is 1. The Morgan fingerprint density at radius 3 is 2.07 bits per heavy atom. The van der Waals surface area contributed by atoms with Crippen LogP contribution in [0.3, 0.4) is 0 Å². The summed E-state index contributed by atoms with van der Waals surface area (Å²) in [5.74, 6) is 0.793. The van der Waals surface area contributed by atoms with Crippen LogP contribution in [0.4, 0.5) is 13.2 Å². The minimum absolute atomic E-state index is 0.161. The molecule has 0 aromatic heterocycles. The molecule has 2 fully saturated rings. The molecule has 1 aliphatic carbocycles. The Kier molecular flexibility index (Phi) is 5.55. The molecule has 2 aliphatic rings. The second-order valence-electron chi connectivity index (χ2n) is 8.85. The van der Waals surface area contributed by atoms with E-state index >= 15 is 0 Å². The van der Waals surface area contributed by atoms with Crippen LogP contribution in [0.15, 0.2) is 48.5 Å². The van der Waals surface area contributed by atoms with Gasteiger partial charge in [-0.2, -0.15) is 13.2 Å². The number of phenols is 1. The molecule has 30 heavy (non-hydrogen) atoms. The number of aliphatic hydroxyl groups excluding tert-OH is 1. The normalized spacial score (nSPS) is 27.9. The molecule has 2 aromatic carbocycles. The summed E-state index contributed by atoms with van der Waals surface area (Å²) >= 11 is 0. The molecule has 4 rings (SSSR count). The fourth-order valence-electron chi connectivity index (χ4n) is 5.09. The molecular formula is C23H26F3NO3. The number of aliphatic hydroxyl groups is 2. The van der Waals surface area contributed by atoms with Gasteiger partial charge < -0.3 is 15.3 Å². The van der Waals surface area contributed by atoms with Crippen molar-refractivity contribution in [3.05, 3.63) is 65.2 Å². The van der Waals surface area contributed by atoms with Crippen LogP contribution in [0.1, 0.15) is 35.6 Å². The zero-order valence-corrected chi connectivity index (χ0v) is 16.5. The number of alkyl halides is 3. The molecule has 4 atom stereocenters. The van der Waals surface area contributed by atoms with Crippen molar-refractivity contribution in [1.29, 1.82) is 0 Å². The Balaban J connectivity index is 1.32. The van der Waals surface area contributed by atoms with Crippen molar-refractivity contribution in [2.24, 2.45) is 11.8 Å². The van der Waals surface area contributed by atoms with Gasteiger partial charge in [0.05, 0.1) is 17.3 Å². The van der Waals surface area contributed by atoms with E-state index in [0.717, 1.165) is 30.8 Å². The highest BCUT2D eigenvalue weighted by Crippen LogP contribution is 2.45. The number of halogens is 3. The van der Waals surface area contributed by atoms with Crippen LogP contribution in [-0.4, -0.2) is 45.5 Å². The summed E-state index contributed by atoms with van der Waals surface area (Å²) in [5.41, 5.74) is -0.102. The summed E-state index contributed by atoms with van der Waals surface area (Å²) in [7, 11) is 0. The molecule has 1 heterocycles. The van der Waals surface area contributed by atoms with Gasteiger partial charge in [0.25, 0.3) is 0 Å². The van der Waals surface area contributed by atoms with Crippen molar-refractivity contribution in [2.75, 3.05) is 19.6 Å². The Bertz CT molecular complexity index is 853. The molecule has 0 radical (unpaired) electrons. The minimum Gasteiger partial charge on any atom is -0.508 e. The van der Waals surface area contributed by atoms with Crippen LogP contribution >= 0.6 is 0 Å². The number of hydrogen-bond donors (Lipinski definition) is 3. The first kappa shape index (κ1) is 21.2. The van der Waals surface area contributed by atoms with Crippen LogP contribution < -0.4 is 0 Å². The molecular weight excluding hydrogens is 395 g/mol. The smallest absolute Gasteiger partial charge is 0.416 e. The van der Waals surface area contributed by atoms with Crippen LogP contribution in [-0.2, 0) is 12.6 Å². The second kappa shape index (κ2) is 7.87. The van der Waals surface area contributed by atoms with Gasteiger partial charge in [-0.25, -0.2) is 0 Å². The molecule has 4 nitrogen and oxygen atoms in total. The van der Waals surface area contributed by atoms with E-state index in [0.29, 0.717) is 43.2 Å². The Labute approximate surface area is 173 Å². The second-order valence-corrected chi connectivity index (χ2v) is 8.85. The third-order valence-corrected chi connectivity index (χ3v) is 6.46. The fourth-order valence-corrected chi connectivity index (χ4v) is 5.09. The van der Waals surface area contributed by atoms with Crippen molar-refractivity contribution in [3.8, 4) is 5.75 Å². The van der Waals surface area contributed by atoms with Gasteiger partial charge in [0.15, 0.2) is 0 Å². The number of β-amino-alcohol motifs (C(OH)–C–C–N with tert-alkyl or cyclic N) is 1. The zero-order valence-electron chi connectivity index (χ0n) is 16.5. The molecule has 7 heteroatoms. The van der Waals surface area contributed by atoms with Gasteiger partial charge in [0, 0.05) is 26.1 Å². The molecule has 2 unspecified atom stereocenters. The highest BCUT2D eigenvalue weighted by atomic mass is 19.4. The van der Waals surface area contributed by atoms with E-state index < -0.39 is 23.4 Å². The number of fused-ring (bicyclic) bond motifs is 1. The molecule has 1 saturated carbocycles.